The first-order chi connectivity index (χ1) is 9.22. The number of ether oxygens (including phenoxy) is 1. The molecule has 0 radical (unpaired) electrons. The van der Waals surface area contributed by atoms with E-state index in [1.165, 1.54) is 0 Å². The molecule has 0 aliphatic rings. The summed E-state index contributed by atoms with van der Waals surface area (Å²) in [5, 5.41) is 12.5. The van der Waals surface area contributed by atoms with Gasteiger partial charge in [0.25, 0.3) is 0 Å². The second kappa shape index (κ2) is 7.20. The van der Waals surface area contributed by atoms with Crippen LogP contribution in [0.3, 0.4) is 0 Å². The quantitative estimate of drug-likeness (QED) is 0.854. The highest BCUT2D eigenvalue weighted by atomic mass is 79.9. The van der Waals surface area contributed by atoms with E-state index in [1.54, 1.807) is 11.3 Å². The molecule has 19 heavy (non-hydrogen) atoms. The van der Waals surface area contributed by atoms with Crippen LogP contribution in [0.15, 0.2) is 46.3 Å². The van der Waals surface area contributed by atoms with Crippen molar-refractivity contribution in [3.63, 3.8) is 0 Å². The monoisotopic (exact) mass is 340 g/mol. The molecule has 4 heteroatoms. The van der Waals surface area contributed by atoms with Gasteiger partial charge in [-0.05, 0) is 39.9 Å². The fourth-order valence-corrected chi connectivity index (χ4v) is 3.58. The van der Waals surface area contributed by atoms with E-state index in [1.807, 2.05) is 48.7 Å². The summed E-state index contributed by atoms with van der Waals surface area (Å²) in [5.41, 5.74) is 1.02. The molecule has 102 valence electrons. The summed E-state index contributed by atoms with van der Waals surface area (Å²) in [6.45, 7) is 2.53. The Labute approximate surface area is 126 Å². The summed E-state index contributed by atoms with van der Waals surface area (Å²) >= 11 is 5.14. The molecule has 0 spiro atoms. The zero-order valence-corrected chi connectivity index (χ0v) is 13.2. The molecule has 1 aromatic carbocycles. The SMILES string of the molecule is CCOC(c1ccccc1)C(O)Cc1sccc1Br. The Balaban J connectivity index is 2.13. The predicted molar refractivity (Wildman–Crippen MR) is 82.5 cm³/mol. The van der Waals surface area contributed by atoms with E-state index >= 15 is 0 Å². The molecule has 1 heterocycles. The molecule has 0 aliphatic heterocycles. The number of hydrogen-bond acceptors (Lipinski definition) is 3. The number of aliphatic hydroxyl groups excluding tert-OH is 1. The first-order valence-corrected chi connectivity index (χ1v) is 7.96. The van der Waals surface area contributed by atoms with Crippen molar-refractivity contribution in [2.75, 3.05) is 6.61 Å². The van der Waals surface area contributed by atoms with E-state index in [0.29, 0.717) is 13.0 Å². The van der Waals surface area contributed by atoms with Gasteiger partial charge < -0.3 is 9.84 Å². The summed E-state index contributed by atoms with van der Waals surface area (Å²) in [7, 11) is 0. The van der Waals surface area contributed by atoms with Crippen LogP contribution in [0.2, 0.25) is 0 Å². The van der Waals surface area contributed by atoms with Gasteiger partial charge in [0.2, 0.25) is 0 Å². The van der Waals surface area contributed by atoms with Crippen molar-refractivity contribution in [3.8, 4) is 0 Å². The molecular weight excluding hydrogens is 324 g/mol. The molecular formula is C15H17BrO2S. The maximum Gasteiger partial charge on any atom is 0.109 e. The Morgan fingerprint density at radius 3 is 2.58 bits per heavy atom. The summed E-state index contributed by atoms with van der Waals surface area (Å²) in [5.74, 6) is 0. The second-order valence-corrected chi connectivity index (χ2v) is 6.10. The van der Waals surface area contributed by atoms with Gasteiger partial charge in [0.1, 0.15) is 6.10 Å². The van der Waals surface area contributed by atoms with Gasteiger partial charge in [0.05, 0.1) is 6.10 Å². The van der Waals surface area contributed by atoms with Crippen molar-refractivity contribution >= 4 is 27.3 Å². The van der Waals surface area contributed by atoms with Gasteiger partial charge in [-0.3, -0.25) is 0 Å². The first-order valence-electron chi connectivity index (χ1n) is 6.28. The van der Waals surface area contributed by atoms with Crippen molar-refractivity contribution in [1.29, 1.82) is 0 Å². The normalized spacial score (nSPS) is 14.3. The van der Waals surface area contributed by atoms with Crippen LogP contribution in [-0.2, 0) is 11.2 Å². The summed E-state index contributed by atoms with van der Waals surface area (Å²) in [4.78, 5) is 1.15. The van der Waals surface area contributed by atoms with E-state index in [2.05, 4.69) is 15.9 Å². The van der Waals surface area contributed by atoms with Crippen molar-refractivity contribution in [2.24, 2.45) is 0 Å². The van der Waals surface area contributed by atoms with Crippen LogP contribution < -0.4 is 0 Å². The number of aliphatic hydroxyl groups is 1. The smallest absolute Gasteiger partial charge is 0.109 e. The van der Waals surface area contributed by atoms with E-state index in [0.717, 1.165) is 14.9 Å². The minimum absolute atomic E-state index is 0.278. The highest BCUT2D eigenvalue weighted by Crippen LogP contribution is 2.29. The highest BCUT2D eigenvalue weighted by molar-refractivity contribution is 9.10. The molecule has 2 unspecified atom stereocenters. The summed E-state index contributed by atoms with van der Waals surface area (Å²) in [6.07, 6.45) is -0.227. The first kappa shape index (κ1) is 14.7. The Hall–Kier alpha value is -0.680. The van der Waals surface area contributed by atoms with Crippen molar-refractivity contribution in [3.05, 3.63) is 56.7 Å². The van der Waals surface area contributed by atoms with E-state index in [9.17, 15) is 5.11 Å². The number of thiophene rings is 1. The minimum atomic E-state index is -0.544. The summed E-state index contributed by atoms with van der Waals surface area (Å²) in [6, 6.07) is 11.9. The minimum Gasteiger partial charge on any atom is -0.390 e. The lowest BCUT2D eigenvalue weighted by Gasteiger charge is -2.23. The van der Waals surface area contributed by atoms with E-state index in [4.69, 9.17) is 4.74 Å². The molecule has 0 saturated carbocycles. The van der Waals surface area contributed by atoms with Gasteiger partial charge in [-0.2, -0.15) is 0 Å². The fraction of sp³-hybridized carbons (Fsp3) is 0.333. The molecule has 0 saturated heterocycles. The van der Waals surface area contributed by atoms with Gasteiger partial charge in [-0.15, -0.1) is 11.3 Å². The average Bonchev–Trinajstić information content (AvgIpc) is 2.82. The number of rotatable bonds is 6. The van der Waals surface area contributed by atoms with Gasteiger partial charge >= 0.3 is 0 Å². The van der Waals surface area contributed by atoms with Crippen molar-refractivity contribution < 1.29 is 9.84 Å². The third-order valence-corrected chi connectivity index (χ3v) is 4.86. The zero-order valence-electron chi connectivity index (χ0n) is 10.8. The molecule has 0 fully saturated rings. The number of halogens is 1. The standard InChI is InChI=1S/C15H17BrO2S/c1-2-18-15(11-6-4-3-5-7-11)13(17)10-14-12(16)8-9-19-14/h3-9,13,15,17H,2,10H2,1H3. The molecule has 2 nitrogen and oxygen atoms in total. The van der Waals surface area contributed by atoms with Crippen LogP contribution in [0.1, 0.15) is 23.5 Å². The predicted octanol–water partition coefficient (Wildman–Crippen LogP) is 4.19. The Bertz CT molecular complexity index is 498. The molecule has 0 bridgehead atoms. The molecule has 0 amide bonds. The molecule has 2 aromatic rings. The Morgan fingerprint density at radius 2 is 2.00 bits per heavy atom. The lowest BCUT2D eigenvalue weighted by molar-refractivity contribution is -0.0337. The van der Waals surface area contributed by atoms with Crippen LogP contribution in [0, 0.1) is 0 Å². The van der Waals surface area contributed by atoms with E-state index < -0.39 is 6.10 Å². The zero-order chi connectivity index (χ0) is 13.7. The second-order valence-electron chi connectivity index (χ2n) is 4.25. The van der Waals surface area contributed by atoms with Crippen LogP contribution in [-0.4, -0.2) is 17.8 Å². The van der Waals surface area contributed by atoms with Crippen molar-refractivity contribution in [1.82, 2.24) is 0 Å². The lowest BCUT2D eigenvalue weighted by atomic mass is 10.0. The average molecular weight is 341 g/mol. The largest absolute Gasteiger partial charge is 0.390 e. The Morgan fingerprint density at radius 1 is 1.26 bits per heavy atom. The van der Waals surface area contributed by atoms with Crippen LogP contribution in [0.4, 0.5) is 0 Å². The topological polar surface area (TPSA) is 29.5 Å². The molecule has 2 rings (SSSR count). The number of benzene rings is 1. The highest BCUT2D eigenvalue weighted by Gasteiger charge is 2.22. The molecule has 1 N–H and O–H groups in total. The van der Waals surface area contributed by atoms with Gasteiger partial charge in [-0.25, -0.2) is 0 Å². The Kier molecular flexibility index (Phi) is 5.58. The summed E-state index contributed by atoms with van der Waals surface area (Å²) < 4.78 is 6.77. The third kappa shape index (κ3) is 3.89. The fourth-order valence-electron chi connectivity index (χ4n) is 2.02. The molecule has 1 aromatic heterocycles. The van der Waals surface area contributed by atoms with Gasteiger partial charge in [-0.1, -0.05) is 30.3 Å². The molecule has 0 aliphatic carbocycles. The van der Waals surface area contributed by atoms with Crippen LogP contribution in [0.25, 0.3) is 0 Å². The lowest BCUT2D eigenvalue weighted by Crippen LogP contribution is -2.23. The van der Waals surface area contributed by atoms with Crippen molar-refractivity contribution in [2.45, 2.75) is 25.6 Å². The van der Waals surface area contributed by atoms with Crippen LogP contribution in [0.5, 0.6) is 0 Å². The van der Waals surface area contributed by atoms with Gasteiger partial charge in [0.15, 0.2) is 0 Å². The third-order valence-electron chi connectivity index (χ3n) is 2.91. The van der Waals surface area contributed by atoms with E-state index in [-0.39, 0.29) is 6.10 Å². The maximum atomic E-state index is 10.5. The molecule has 2 atom stereocenters. The van der Waals surface area contributed by atoms with Gasteiger partial charge in [0, 0.05) is 22.4 Å². The maximum absolute atomic E-state index is 10.5. The van der Waals surface area contributed by atoms with Crippen LogP contribution >= 0.6 is 27.3 Å². The number of hydrogen-bond donors (Lipinski definition) is 1.